The molecule has 3 heterocycles. The second-order valence-electron chi connectivity index (χ2n) is 7.88. The Balaban J connectivity index is 1.39. The monoisotopic (exact) mass is 466 g/mol. The van der Waals surface area contributed by atoms with Gasteiger partial charge in [-0.05, 0) is 54.8 Å². The molecule has 0 atom stereocenters. The summed E-state index contributed by atoms with van der Waals surface area (Å²) in [4.78, 5) is 19.5. The fourth-order valence-electron chi connectivity index (χ4n) is 4.02. The van der Waals surface area contributed by atoms with Crippen LogP contribution in [0.1, 0.15) is 32.7 Å². The molecule has 1 aromatic heterocycles. The Morgan fingerprint density at radius 1 is 1.19 bits per heavy atom. The van der Waals surface area contributed by atoms with Crippen LogP contribution in [-0.2, 0) is 13.0 Å². The predicted molar refractivity (Wildman–Crippen MR) is 124 cm³/mol. The van der Waals surface area contributed by atoms with Crippen molar-refractivity contribution >= 4 is 35.1 Å². The lowest BCUT2D eigenvalue weighted by Crippen LogP contribution is -2.34. The molecule has 0 unspecified atom stereocenters. The van der Waals surface area contributed by atoms with Crippen LogP contribution >= 0.6 is 23.2 Å². The van der Waals surface area contributed by atoms with Crippen molar-refractivity contribution in [1.82, 2.24) is 9.88 Å². The van der Waals surface area contributed by atoms with E-state index in [9.17, 15) is 4.79 Å². The summed E-state index contributed by atoms with van der Waals surface area (Å²) in [5.41, 5.74) is 4.03. The Bertz CT molecular complexity index is 1240. The first-order valence-electron chi connectivity index (χ1n) is 10.3. The minimum absolute atomic E-state index is 0.129. The largest absolute Gasteiger partial charge is 0.478 e. The molecule has 5 rings (SSSR count). The summed E-state index contributed by atoms with van der Waals surface area (Å²) in [6.45, 7) is 3.73. The van der Waals surface area contributed by atoms with E-state index in [2.05, 4.69) is 9.88 Å². The van der Waals surface area contributed by atoms with Gasteiger partial charge in [0.05, 0.1) is 16.8 Å². The van der Waals surface area contributed by atoms with Crippen molar-refractivity contribution in [2.75, 3.05) is 13.3 Å². The highest BCUT2D eigenvalue weighted by atomic mass is 35.5. The van der Waals surface area contributed by atoms with Crippen LogP contribution in [0.15, 0.2) is 54.4 Å². The van der Waals surface area contributed by atoms with Crippen molar-refractivity contribution in [2.24, 2.45) is 0 Å². The minimum Gasteiger partial charge on any atom is -0.478 e. The van der Waals surface area contributed by atoms with Gasteiger partial charge < -0.3 is 9.47 Å². The van der Waals surface area contributed by atoms with E-state index in [1.54, 1.807) is 18.3 Å². The third-order valence-corrected chi connectivity index (χ3v) is 6.25. The number of carbonyl (C=O) groups excluding carboxylic acids is 1. The zero-order valence-electron chi connectivity index (χ0n) is 17.4. The van der Waals surface area contributed by atoms with Crippen LogP contribution < -0.4 is 9.47 Å². The number of pyridine rings is 1. The molecule has 162 valence electrons. The molecule has 0 fully saturated rings. The summed E-state index contributed by atoms with van der Waals surface area (Å²) < 4.78 is 12.1. The molecule has 0 aliphatic carbocycles. The van der Waals surface area contributed by atoms with E-state index < -0.39 is 0 Å². The van der Waals surface area contributed by atoms with Gasteiger partial charge in [-0.2, -0.15) is 0 Å². The number of nitrogens with zero attached hydrogens (tertiary/aromatic N) is 2. The van der Waals surface area contributed by atoms with E-state index in [-0.39, 0.29) is 11.5 Å². The highest BCUT2D eigenvalue weighted by molar-refractivity contribution is 6.35. The van der Waals surface area contributed by atoms with Crippen LogP contribution in [0.25, 0.3) is 6.08 Å². The van der Waals surface area contributed by atoms with E-state index in [1.807, 2.05) is 43.3 Å². The summed E-state index contributed by atoms with van der Waals surface area (Å²) in [7, 11) is 0. The van der Waals surface area contributed by atoms with Gasteiger partial charge in [-0.3, -0.25) is 14.7 Å². The number of carbonyl (C=O) groups is 1. The smallest absolute Gasteiger partial charge is 0.232 e. The molecule has 2 aromatic carbocycles. The SMILES string of the molecule is Cc1cc2c(c3c1C(=O)/C(=C\c1ccccn1)O3)CN(CCc1ccc(Cl)cc1Cl)CO2. The van der Waals surface area contributed by atoms with Crippen LogP contribution in [0.2, 0.25) is 10.0 Å². The molecule has 2 aliphatic heterocycles. The Morgan fingerprint density at radius 3 is 2.84 bits per heavy atom. The van der Waals surface area contributed by atoms with Gasteiger partial charge in [-0.1, -0.05) is 35.3 Å². The third kappa shape index (κ3) is 3.99. The van der Waals surface area contributed by atoms with E-state index in [1.165, 1.54) is 0 Å². The van der Waals surface area contributed by atoms with Crippen molar-refractivity contribution in [3.63, 3.8) is 0 Å². The maximum absolute atomic E-state index is 13.1. The van der Waals surface area contributed by atoms with Gasteiger partial charge in [0.25, 0.3) is 0 Å². The van der Waals surface area contributed by atoms with Gasteiger partial charge in [-0.25, -0.2) is 0 Å². The molecule has 0 saturated heterocycles. The van der Waals surface area contributed by atoms with Crippen LogP contribution in [0.5, 0.6) is 11.5 Å². The van der Waals surface area contributed by atoms with Crippen molar-refractivity contribution in [1.29, 1.82) is 0 Å². The number of aromatic nitrogens is 1. The first kappa shape index (κ1) is 21.0. The molecule has 5 nitrogen and oxygen atoms in total. The minimum atomic E-state index is -0.129. The number of Topliss-reactive ketones (excluding diaryl/α,β-unsaturated/α-hetero) is 1. The molecular weight excluding hydrogens is 447 g/mol. The lowest BCUT2D eigenvalue weighted by molar-refractivity contribution is 0.0949. The molecule has 2 aliphatic rings. The van der Waals surface area contributed by atoms with Crippen LogP contribution in [0.4, 0.5) is 0 Å². The number of benzene rings is 2. The van der Waals surface area contributed by atoms with Gasteiger partial charge in [-0.15, -0.1) is 0 Å². The number of ether oxygens (including phenoxy) is 2. The number of rotatable bonds is 4. The quantitative estimate of drug-likeness (QED) is 0.461. The normalized spacial score (nSPS) is 16.5. The number of allylic oxidation sites excluding steroid dienone is 1. The highest BCUT2D eigenvalue weighted by Crippen LogP contribution is 2.44. The number of ketones is 1. The van der Waals surface area contributed by atoms with Crippen molar-refractivity contribution in [3.05, 3.63) is 92.4 Å². The van der Waals surface area contributed by atoms with Gasteiger partial charge in [0.15, 0.2) is 5.76 Å². The topological polar surface area (TPSA) is 51.7 Å². The summed E-state index contributed by atoms with van der Waals surface area (Å²) in [5, 5.41) is 1.28. The fraction of sp³-hybridized carbons (Fsp3) is 0.200. The molecule has 3 aromatic rings. The van der Waals surface area contributed by atoms with Crippen molar-refractivity contribution in [3.8, 4) is 11.5 Å². The molecular formula is C25H20Cl2N2O3. The first-order valence-corrected chi connectivity index (χ1v) is 11.1. The number of fused-ring (bicyclic) bond motifs is 3. The summed E-state index contributed by atoms with van der Waals surface area (Å²) in [6, 6.07) is 13.0. The lowest BCUT2D eigenvalue weighted by Gasteiger charge is -2.30. The molecule has 0 bridgehead atoms. The van der Waals surface area contributed by atoms with Crippen LogP contribution in [0, 0.1) is 6.92 Å². The number of halogens is 2. The molecule has 0 spiro atoms. The first-order chi connectivity index (χ1) is 15.5. The summed E-state index contributed by atoms with van der Waals surface area (Å²) in [5.74, 6) is 1.49. The van der Waals surface area contributed by atoms with E-state index in [0.29, 0.717) is 40.3 Å². The van der Waals surface area contributed by atoms with Crippen molar-refractivity contribution < 1.29 is 14.3 Å². The molecule has 7 heteroatoms. The molecule has 32 heavy (non-hydrogen) atoms. The van der Waals surface area contributed by atoms with E-state index in [0.717, 1.165) is 35.4 Å². The molecule has 0 amide bonds. The average Bonchev–Trinajstić information content (AvgIpc) is 3.11. The second-order valence-corrected chi connectivity index (χ2v) is 8.72. The summed E-state index contributed by atoms with van der Waals surface area (Å²) >= 11 is 12.3. The lowest BCUT2D eigenvalue weighted by atomic mass is 9.98. The number of hydrogen-bond donors (Lipinski definition) is 0. The zero-order chi connectivity index (χ0) is 22.2. The third-order valence-electron chi connectivity index (χ3n) is 5.67. The maximum atomic E-state index is 13.1. The Labute approximate surface area is 196 Å². The Kier molecular flexibility index (Phi) is 5.64. The number of aryl methyl sites for hydroxylation is 1. The maximum Gasteiger partial charge on any atom is 0.232 e. The molecule has 0 saturated carbocycles. The average molecular weight is 467 g/mol. The highest BCUT2D eigenvalue weighted by Gasteiger charge is 2.35. The Morgan fingerprint density at radius 2 is 2.06 bits per heavy atom. The van der Waals surface area contributed by atoms with E-state index in [4.69, 9.17) is 32.7 Å². The summed E-state index contributed by atoms with van der Waals surface area (Å²) in [6.07, 6.45) is 4.12. The second kappa shape index (κ2) is 8.58. The standard InChI is InChI=1S/C25H20Cl2N2O3/c1-15-10-21-19(13-29(14-31-21)9-7-16-5-6-17(26)11-20(16)27)25-23(15)24(30)22(32-25)12-18-4-2-3-8-28-18/h2-6,8,10-12H,7,9,13-14H2,1H3/b22-12+. The predicted octanol–water partition coefficient (Wildman–Crippen LogP) is 5.71. The fourth-order valence-corrected chi connectivity index (χ4v) is 4.52. The molecule has 0 radical (unpaired) electrons. The van der Waals surface area contributed by atoms with Crippen LogP contribution in [0.3, 0.4) is 0 Å². The van der Waals surface area contributed by atoms with Crippen molar-refractivity contribution in [2.45, 2.75) is 19.9 Å². The van der Waals surface area contributed by atoms with Gasteiger partial charge in [0.2, 0.25) is 5.78 Å². The number of hydrogen-bond acceptors (Lipinski definition) is 5. The van der Waals surface area contributed by atoms with Gasteiger partial charge in [0, 0.05) is 35.4 Å². The molecule has 0 N–H and O–H groups in total. The zero-order valence-corrected chi connectivity index (χ0v) is 18.9. The van der Waals surface area contributed by atoms with Crippen LogP contribution in [-0.4, -0.2) is 28.9 Å². The van der Waals surface area contributed by atoms with Gasteiger partial charge in [0.1, 0.15) is 18.2 Å². The van der Waals surface area contributed by atoms with Gasteiger partial charge >= 0.3 is 0 Å². The van der Waals surface area contributed by atoms with E-state index >= 15 is 0 Å². The Hall–Kier alpha value is -2.86.